The van der Waals surface area contributed by atoms with Gasteiger partial charge in [0.25, 0.3) is 11.6 Å². The number of aromatic amines is 1. The lowest BCUT2D eigenvalue weighted by Gasteiger charge is -2.40. The number of aliphatic hydroxyl groups excluding tert-OH is 4. The third-order valence-electron chi connectivity index (χ3n) is 3.30. The average Bonchev–Trinajstić information content (AvgIpc) is 2.51. The van der Waals surface area contributed by atoms with Crippen LogP contribution in [0.25, 0.3) is 0 Å². The number of aromatic nitrogens is 2. The maximum Gasteiger partial charge on any atom is 0.298 e. The van der Waals surface area contributed by atoms with E-state index >= 15 is 0 Å². The quantitative estimate of drug-likeness (QED) is 0.295. The zero-order valence-corrected chi connectivity index (χ0v) is 11.6. The van der Waals surface area contributed by atoms with Gasteiger partial charge >= 0.3 is 0 Å². The summed E-state index contributed by atoms with van der Waals surface area (Å²) in [6, 6.07) is -0.119. The van der Waals surface area contributed by atoms with E-state index in [0.29, 0.717) is 0 Å². The number of rotatable bonds is 4. The van der Waals surface area contributed by atoms with Crippen LogP contribution in [-0.2, 0) is 4.74 Å². The molecule has 0 saturated carbocycles. The highest BCUT2D eigenvalue weighted by atomic mass is 16.6. The van der Waals surface area contributed by atoms with Crippen LogP contribution in [0.1, 0.15) is 0 Å². The molecular formula is C11H18N4O7. The molecule has 0 unspecified atom stereocenters. The summed E-state index contributed by atoms with van der Waals surface area (Å²) in [5, 5.41) is 40.9. The van der Waals surface area contributed by atoms with Gasteiger partial charge in [0.05, 0.1) is 13.7 Å². The Bertz CT molecular complexity index is 578. The fourth-order valence-corrected chi connectivity index (χ4v) is 2.02. The second-order valence-electron chi connectivity index (χ2n) is 4.73. The number of aliphatic hydroxyl groups is 4. The monoisotopic (exact) mass is 318 g/mol. The van der Waals surface area contributed by atoms with Gasteiger partial charge in [0.2, 0.25) is 0 Å². The molecule has 0 spiro atoms. The number of ether oxygens (including phenoxy) is 2. The van der Waals surface area contributed by atoms with Crippen molar-refractivity contribution in [3.05, 3.63) is 10.4 Å². The summed E-state index contributed by atoms with van der Waals surface area (Å²) in [4.78, 5) is 17.7. The van der Waals surface area contributed by atoms with Gasteiger partial charge in [-0.15, -0.1) is 0 Å². The van der Waals surface area contributed by atoms with Crippen LogP contribution in [0.15, 0.2) is 4.79 Å². The summed E-state index contributed by atoms with van der Waals surface area (Å²) in [6.45, 7) is -0.579. The molecule has 1 saturated heterocycles. The van der Waals surface area contributed by atoms with Crippen LogP contribution in [0.3, 0.4) is 0 Å². The van der Waals surface area contributed by atoms with Gasteiger partial charge in [-0.3, -0.25) is 9.78 Å². The summed E-state index contributed by atoms with van der Waals surface area (Å²) in [5.41, 5.74) is 4.63. The van der Waals surface area contributed by atoms with E-state index in [-0.39, 0.29) is 17.5 Å². The lowest BCUT2D eigenvalue weighted by molar-refractivity contribution is -0.221. The van der Waals surface area contributed by atoms with E-state index in [0.717, 1.165) is 0 Å². The Labute approximate surface area is 124 Å². The van der Waals surface area contributed by atoms with E-state index in [1.165, 1.54) is 7.11 Å². The van der Waals surface area contributed by atoms with Gasteiger partial charge in [-0.2, -0.15) is 4.98 Å². The Balaban J connectivity index is 2.26. The van der Waals surface area contributed by atoms with E-state index in [9.17, 15) is 20.1 Å². The largest absolute Gasteiger partial charge is 0.468 e. The number of methoxy groups -OCH3 is 1. The second-order valence-corrected chi connectivity index (χ2v) is 4.73. The van der Waals surface area contributed by atoms with Crippen molar-refractivity contribution in [2.75, 3.05) is 24.8 Å². The van der Waals surface area contributed by atoms with Crippen LogP contribution in [0.4, 0.5) is 11.5 Å². The van der Waals surface area contributed by atoms with Gasteiger partial charge in [-0.05, 0) is 0 Å². The number of nitrogens with zero attached hydrogens (tertiary/aromatic N) is 1. The van der Waals surface area contributed by atoms with Crippen molar-refractivity contribution in [2.45, 2.75) is 30.6 Å². The molecule has 2 heterocycles. The molecule has 1 aromatic rings. The van der Waals surface area contributed by atoms with Gasteiger partial charge in [0, 0.05) is 0 Å². The molecule has 5 atom stereocenters. The maximum atomic E-state index is 11.6. The van der Waals surface area contributed by atoms with Gasteiger partial charge < -0.3 is 41.0 Å². The molecular weight excluding hydrogens is 300 g/mol. The summed E-state index contributed by atoms with van der Waals surface area (Å²) in [5.74, 6) is -0.134. The van der Waals surface area contributed by atoms with Gasteiger partial charge in [0.15, 0.2) is 12.0 Å². The van der Waals surface area contributed by atoms with Crippen molar-refractivity contribution >= 4 is 11.5 Å². The minimum absolute atomic E-state index is 0.119. The molecule has 1 aliphatic rings. The summed E-state index contributed by atoms with van der Waals surface area (Å²) in [6.07, 6.45) is -6.94. The third kappa shape index (κ3) is 2.98. The molecule has 0 amide bonds. The van der Waals surface area contributed by atoms with E-state index in [1.54, 1.807) is 0 Å². The number of nitrogen functional groups attached to an aromatic ring is 1. The van der Waals surface area contributed by atoms with Crippen molar-refractivity contribution in [2.24, 2.45) is 0 Å². The summed E-state index contributed by atoms with van der Waals surface area (Å²) >= 11 is 0. The first-order valence-corrected chi connectivity index (χ1v) is 6.39. The van der Waals surface area contributed by atoms with Crippen molar-refractivity contribution in [1.82, 2.24) is 9.97 Å². The van der Waals surface area contributed by atoms with Gasteiger partial charge in [0.1, 0.15) is 30.1 Å². The Kier molecular flexibility index (Phi) is 4.83. The molecule has 0 radical (unpaired) electrons. The highest BCUT2D eigenvalue weighted by Crippen LogP contribution is 2.23. The molecule has 124 valence electrons. The molecule has 2 rings (SSSR count). The molecule has 11 heteroatoms. The standard InChI is InChI=1S/C11H18N4O7/c1-21-11-14-8(4(12)9(20)15-11)13-10-7(19)6(18)5(17)3(2-16)22-10/h3,5-7,10,16-19H,2,12H2,1H3,(H2,13,14,15,20)/t3-,5+,6+,7-,10+/m0/s1. The van der Waals surface area contributed by atoms with Crippen LogP contribution >= 0.6 is 0 Å². The van der Waals surface area contributed by atoms with E-state index in [4.69, 9.17) is 20.3 Å². The van der Waals surface area contributed by atoms with Crippen LogP contribution in [-0.4, -0.2) is 74.8 Å². The van der Waals surface area contributed by atoms with E-state index in [2.05, 4.69) is 15.3 Å². The SMILES string of the molecule is COc1nc(N[C@@H]2O[C@@H](CO)[C@@H](O)[C@@H](O)[C@@H]2O)c(N)c(=O)[nH]1. The normalized spacial score (nSPS) is 31.8. The molecule has 22 heavy (non-hydrogen) atoms. The molecule has 1 aliphatic heterocycles. The molecule has 8 N–H and O–H groups in total. The first-order valence-electron chi connectivity index (χ1n) is 6.39. The Morgan fingerprint density at radius 3 is 2.64 bits per heavy atom. The number of H-pyrrole nitrogens is 1. The summed E-state index contributed by atoms with van der Waals surface area (Å²) in [7, 11) is 1.28. The smallest absolute Gasteiger partial charge is 0.298 e. The van der Waals surface area contributed by atoms with E-state index < -0.39 is 42.8 Å². The van der Waals surface area contributed by atoms with Crippen molar-refractivity contribution in [3.8, 4) is 6.01 Å². The van der Waals surface area contributed by atoms with Crippen LogP contribution in [0, 0.1) is 0 Å². The number of hydrogen-bond donors (Lipinski definition) is 7. The Morgan fingerprint density at radius 2 is 2.05 bits per heavy atom. The Hall–Kier alpha value is -1.92. The number of nitrogens with two attached hydrogens (primary N) is 1. The number of anilines is 2. The average molecular weight is 318 g/mol. The lowest BCUT2D eigenvalue weighted by Crippen LogP contribution is -2.60. The minimum Gasteiger partial charge on any atom is -0.468 e. The molecule has 1 fully saturated rings. The predicted octanol–water partition coefficient (Wildman–Crippen LogP) is -3.43. The van der Waals surface area contributed by atoms with Crippen molar-refractivity contribution in [3.63, 3.8) is 0 Å². The van der Waals surface area contributed by atoms with Gasteiger partial charge in [-0.25, -0.2) is 0 Å². The van der Waals surface area contributed by atoms with Crippen LogP contribution in [0.2, 0.25) is 0 Å². The first-order chi connectivity index (χ1) is 10.4. The highest BCUT2D eigenvalue weighted by Gasteiger charge is 2.43. The van der Waals surface area contributed by atoms with Crippen molar-refractivity contribution in [1.29, 1.82) is 0 Å². The van der Waals surface area contributed by atoms with Crippen LogP contribution < -0.4 is 21.3 Å². The third-order valence-corrected chi connectivity index (χ3v) is 3.30. The molecule has 0 bridgehead atoms. The number of nitrogens with one attached hydrogen (secondary N) is 2. The fraction of sp³-hybridized carbons (Fsp3) is 0.636. The minimum atomic E-state index is -1.56. The molecule has 1 aromatic heterocycles. The second kappa shape index (κ2) is 6.46. The number of hydrogen-bond acceptors (Lipinski definition) is 10. The molecule has 0 aliphatic carbocycles. The maximum absolute atomic E-state index is 11.6. The lowest BCUT2D eigenvalue weighted by atomic mass is 9.98. The summed E-state index contributed by atoms with van der Waals surface area (Å²) < 4.78 is 10.0. The predicted molar refractivity (Wildman–Crippen MR) is 73.2 cm³/mol. The van der Waals surface area contributed by atoms with Crippen molar-refractivity contribution < 1.29 is 29.9 Å². The molecule has 0 aromatic carbocycles. The molecule has 11 nitrogen and oxygen atoms in total. The van der Waals surface area contributed by atoms with Gasteiger partial charge in [-0.1, -0.05) is 0 Å². The fourth-order valence-electron chi connectivity index (χ4n) is 2.02. The van der Waals surface area contributed by atoms with Crippen LogP contribution in [0.5, 0.6) is 6.01 Å². The Morgan fingerprint density at radius 1 is 1.36 bits per heavy atom. The zero-order valence-electron chi connectivity index (χ0n) is 11.6. The zero-order chi connectivity index (χ0) is 16.4. The highest BCUT2D eigenvalue weighted by molar-refractivity contribution is 5.60. The topological polar surface area (TPSA) is 183 Å². The van der Waals surface area contributed by atoms with E-state index in [1.807, 2.05) is 0 Å². The first kappa shape index (κ1) is 16.5.